The molecular weight excluding hydrogens is 388 g/mol. The van der Waals surface area contributed by atoms with Crippen LogP contribution in [0.15, 0.2) is 42.7 Å². The van der Waals surface area contributed by atoms with Crippen molar-refractivity contribution in [1.29, 1.82) is 0 Å². The van der Waals surface area contributed by atoms with Gasteiger partial charge >= 0.3 is 0 Å². The number of carbonyl (C=O) groups is 1. The van der Waals surface area contributed by atoms with Gasteiger partial charge in [-0.3, -0.25) is 4.79 Å². The van der Waals surface area contributed by atoms with Crippen molar-refractivity contribution in [2.45, 2.75) is 0 Å². The first kappa shape index (κ1) is 19.3. The number of rotatable bonds is 9. The summed E-state index contributed by atoms with van der Waals surface area (Å²) in [4.78, 5) is 27.0. The van der Waals surface area contributed by atoms with Gasteiger partial charge in [0.25, 0.3) is 12.4 Å². The number of benzene rings is 1. The zero-order valence-electron chi connectivity index (χ0n) is 14.7. The third-order valence-corrected chi connectivity index (χ3v) is 3.60. The third-order valence-electron chi connectivity index (χ3n) is 3.35. The van der Waals surface area contributed by atoms with Crippen molar-refractivity contribution in [1.82, 2.24) is 19.9 Å². The number of ether oxygens (including phenoxy) is 4. The van der Waals surface area contributed by atoms with Crippen LogP contribution in [0, 0.1) is 0 Å². The molecule has 144 valence electrons. The minimum absolute atomic E-state index is 0.00494. The maximum absolute atomic E-state index is 10.3. The molecule has 3 aromatic rings. The summed E-state index contributed by atoms with van der Waals surface area (Å²) < 4.78 is 21.3. The Balaban J connectivity index is 1.98. The zero-order chi connectivity index (χ0) is 19.8. The molecule has 0 unspecified atom stereocenters. The van der Waals surface area contributed by atoms with Gasteiger partial charge in [0.2, 0.25) is 11.6 Å². The first-order valence-corrected chi connectivity index (χ1v) is 8.44. The smallest absolute Gasteiger partial charge is 0.293 e. The van der Waals surface area contributed by atoms with Gasteiger partial charge in [-0.15, -0.1) is 0 Å². The Morgan fingerprint density at radius 1 is 1.00 bits per heavy atom. The molecule has 2 aromatic heterocycles. The van der Waals surface area contributed by atoms with Crippen molar-refractivity contribution in [3.8, 4) is 34.8 Å². The molecule has 2 heterocycles. The standard InChI is InChI=1S/C18H15ClN4O5/c1-25-12-5-2-3-6-13(12)28-14-15(19)22-17(16-20-7-4-8-21-16)23-18(14)27-10-9-26-11-24/h2-8,11H,9-10H2,1H3. The van der Waals surface area contributed by atoms with E-state index in [2.05, 4.69) is 24.7 Å². The molecule has 0 spiro atoms. The van der Waals surface area contributed by atoms with Crippen molar-refractivity contribution in [3.63, 3.8) is 0 Å². The Labute approximate surface area is 165 Å². The molecule has 0 radical (unpaired) electrons. The molecule has 0 saturated heterocycles. The van der Waals surface area contributed by atoms with Crippen LogP contribution in [0.1, 0.15) is 0 Å². The number of nitrogens with zero attached hydrogens (tertiary/aromatic N) is 4. The van der Waals surface area contributed by atoms with E-state index in [1.807, 2.05) is 0 Å². The summed E-state index contributed by atoms with van der Waals surface area (Å²) >= 11 is 6.33. The van der Waals surface area contributed by atoms with Crippen LogP contribution in [0.5, 0.6) is 23.1 Å². The molecule has 0 fully saturated rings. The van der Waals surface area contributed by atoms with Crippen LogP contribution in [-0.2, 0) is 9.53 Å². The second-order valence-electron chi connectivity index (χ2n) is 5.11. The highest BCUT2D eigenvalue weighted by Crippen LogP contribution is 2.40. The van der Waals surface area contributed by atoms with E-state index in [0.717, 1.165) is 0 Å². The van der Waals surface area contributed by atoms with Crippen molar-refractivity contribution in [3.05, 3.63) is 47.9 Å². The normalized spacial score (nSPS) is 10.2. The number of hydrogen-bond acceptors (Lipinski definition) is 9. The summed E-state index contributed by atoms with van der Waals surface area (Å²) in [5.74, 6) is 1.43. The average molecular weight is 403 g/mol. The number of methoxy groups -OCH3 is 1. The zero-order valence-corrected chi connectivity index (χ0v) is 15.5. The highest BCUT2D eigenvalue weighted by molar-refractivity contribution is 6.31. The fraction of sp³-hybridized carbons (Fsp3) is 0.167. The second kappa shape index (κ2) is 9.47. The van der Waals surface area contributed by atoms with Gasteiger partial charge in [-0.05, 0) is 18.2 Å². The molecule has 0 bridgehead atoms. The molecule has 0 aliphatic heterocycles. The number of aromatic nitrogens is 4. The molecule has 0 aliphatic carbocycles. The largest absolute Gasteiger partial charge is 0.493 e. The highest BCUT2D eigenvalue weighted by Gasteiger charge is 2.20. The SMILES string of the molecule is COc1ccccc1Oc1c(Cl)nc(-c2ncccn2)nc1OCCOC=O. The van der Waals surface area contributed by atoms with Gasteiger partial charge in [0, 0.05) is 12.4 Å². The van der Waals surface area contributed by atoms with Gasteiger partial charge in [-0.1, -0.05) is 23.7 Å². The van der Waals surface area contributed by atoms with E-state index in [9.17, 15) is 4.79 Å². The molecule has 0 atom stereocenters. The number of carbonyl (C=O) groups excluding carboxylic acids is 1. The van der Waals surface area contributed by atoms with Gasteiger partial charge in [-0.25, -0.2) is 15.0 Å². The van der Waals surface area contributed by atoms with Crippen LogP contribution >= 0.6 is 11.6 Å². The van der Waals surface area contributed by atoms with E-state index in [4.69, 9.17) is 25.8 Å². The van der Waals surface area contributed by atoms with Gasteiger partial charge in [-0.2, -0.15) is 4.98 Å². The van der Waals surface area contributed by atoms with Crippen molar-refractivity contribution in [2.24, 2.45) is 0 Å². The summed E-state index contributed by atoms with van der Waals surface area (Å²) in [5, 5.41) is -0.00494. The number of halogens is 1. The van der Waals surface area contributed by atoms with Crippen molar-refractivity contribution < 1.29 is 23.7 Å². The Hall–Kier alpha value is -3.46. The topological polar surface area (TPSA) is 106 Å². The van der Waals surface area contributed by atoms with Gasteiger partial charge < -0.3 is 18.9 Å². The lowest BCUT2D eigenvalue weighted by atomic mass is 10.3. The first-order chi connectivity index (χ1) is 13.7. The fourth-order valence-electron chi connectivity index (χ4n) is 2.15. The van der Waals surface area contributed by atoms with E-state index < -0.39 is 0 Å². The third kappa shape index (κ3) is 4.63. The van der Waals surface area contributed by atoms with E-state index in [1.165, 1.54) is 7.11 Å². The number of hydrogen-bond donors (Lipinski definition) is 0. The Kier molecular flexibility index (Phi) is 6.53. The van der Waals surface area contributed by atoms with Crippen LogP contribution in [0.4, 0.5) is 0 Å². The van der Waals surface area contributed by atoms with Crippen LogP contribution in [-0.4, -0.2) is 46.7 Å². The average Bonchev–Trinajstić information content (AvgIpc) is 2.74. The molecular formula is C18H15ClN4O5. The van der Waals surface area contributed by atoms with E-state index in [0.29, 0.717) is 18.0 Å². The molecule has 3 rings (SSSR count). The lowest BCUT2D eigenvalue weighted by Gasteiger charge is -2.15. The quantitative estimate of drug-likeness (QED) is 0.303. The van der Waals surface area contributed by atoms with Crippen LogP contribution in [0.2, 0.25) is 5.15 Å². The first-order valence-electron chi connectivity index (χ1n) is 8.06. The Morgan fingerprint density at radius 2 is 1.75 bits per heavy atom. The Bertz CT molecular complexity index is 943. The molecule has 9 nitrogen and oxygen atoms in total. The van der Waals surface area contributed by atoms with Gasteiger partial charge in [0.05, 0.1) is 7.11 Å². The highest BCUT2D eigenvalue weighted by atomic mass is 35.5. The molecule has 28 heavy (non-hydrogen) atoms. The van der Waals surface area contributed by atoms with Crippen LogP contribution in [0.3, 0.4) is 0 Å². The Morgan fingerprint density at radius 3 is 2.46 bits per heavy atom. The lowest BCUT2D eigenvalue weighted by Crippen LogP contribution is -2.09. The van der Waals surface area contributed by atoms with Crippen LogP contribution < -0.4 is 14.2 Å². The minimum Gasteiger partial charge on any atom is -0.493 e. The predicted octanol–water partition coefficient (Wildman–Crippen LogP) is 2.94. The molecule has 0 amide bonds. The molecule has 10 heteroatoms. The second-order valence-corrected chi connectivity index (χ2v) is 5.47. The van der Waals surface area contributed by atoms with Gasteiger partial charge in [0.15, 0.2) is 22.5 Å². The molecule has 1 aromatic carbocycles. The van der Waals surface area contributed by atoms with E-state index >= 15 is 0 Å². The van der Waals surface area contributed by atoms with E-state index in [-0.39, 0.29) is 41.6 Å². The summed E-state index contributed by atoms with van der Waals surface area (Å²) in [6.45, 7) is 0.381. The number of para-hydroxylation sites is 2. The minimum atomic E-state index is -0.00494. The summed E-state index contributed by atoms with van der Waals surface area (Å²) in [6, 6.07) is 8.67. The van der Waals surface area contributed by atoms with Crippen molar-refractivity contribution >= 4 is 18.1 Å². The summed E-state index contributed by atoms with van der Waals surface area (Å²) in [5.41, 5.74) is 0. The molecule has 0 aliphatic rings. The monoisotopic (exact) mass is 402 g/mol. The maximum atomic E-state index is 10.3. The maximum Gasteiger partial charge on any atom is 0.293 e. The molecule has 0 N–H and O–H groups in total. The molecule has 0 saturated carbocycles. The van der Waals surface area contributed by atoms with Gasteiger partial charge in [0.1, 0.15) is 13.2 Å². The van der Waals surface area contributed by atoms with E-state index in [1.54, 1.807) is 42.7 Å². The summed E-state index contributed by atoms with van der Waals surface area (Å²) in [7, 11) is 1.52. The lowest BCUT2D eigenvalue weighted by molar-refractivity contribution is -0.129. The summed E-state index contributed by atoms with van der Waals surface area (Å²) in [6.07, 6.45) is 3.11. The van der Waals surface area contributed by atoms with Crippen molar-refractivity contribution in [2.75, 3.05) is 20.3 Å². The predicted molar refractivity (Wildman–Crippen MR) is 98.6 cm³/mol. The fourth-order valence-corrected chi connectivity index (χ4v) is 2.35. The van der Waals surface area contributed by atoms with Crippen LogP contribution in [0.25, 0.3) is 11.6 Å².